The number of nitrogens with zero attached hydrogens (tertiary/aromatic N) is 1. The van der Waals surface area contributed by atoms with Gasteiger partial charge in [-0.15, -0.1) is 0 Å². The summed E-state index contributed by atoms with van der Waals surface area (Å²) in [5.41, 5.74) is 2.06. The lowest BCUT2D eigenvalue weighted by atomic mass is 9.67. The number of benzene rings is 1. The van der Waals surface area contributed by atoms with Crippen molar-refractivity contribution in [3.63, 3.8) is 0 Å². The molecule has 1 aromatic rings. The van der Waals surface area contributed by atoms with Gasteiger partial charge in [0.05, 0.1) is 0 Å². The van der Waals surface area contributed by atoms with Crippen molar-refractivity contribution in [2.75, 3.05) is 27.3 Å². The van der Waals surface area contributed by atoms with Gasteiger partial charge in [-0.2, -0.15) is 0 Å². The molecule has 0 aromatic heterocycles. The Kier molecular flexibility index (Phi) is 6.39. The van der Waals surface area contributed by atoms with Crippen molar-refractivity contribution in [3.05, 3.63) is 35.1 Å². The molecule has 2 N–H and O–H groups in total. The number of hydrogen-bond acceptors (Lipinski definition) is 2. The van der Waals surface area contributed by atoms with Crippen LogP contribution in [0.2, 0.25) is 0 Å². The van der Waals surface area contributed by atoms with Gasteiger partial charge in [-0.1, -0.05) is 18.6 Å². The highest BCUT2D eigenvalue weighted by Gasteiger charge is 2.36. The van der Waals surface area contributed by atoms with E-state index in [0.29, 0.717) is 17.5 Å². The number of guanidine groups is 1. The van der Waals surface area contributed by atoms with Gasteiger partial charge in [0.1, 0.15) is 5.82 Å². The molecule has 1 fully saturated rings. The first-order valence-electron chi connectivity index (χ1n) is 8.27. The molecular formula is C18H28FN3O. The Morgan fingerprint density at radius 2 is 2.13 bits per heavy atom. The summed E-state index contributed by atoms with van der Waals surface area (Å²) in [6.07, 6.45) is 4.88. The fraction of sp³-hybridized carbons (Fsp3) is 0.611. The Labute approximate surface area is 138 Å². The summed E-state index contributed by atoms with van der Waals surface area (Å²) in [4.78, 5) is 4.27. The van der Waals surface area contributed by atoms with Gasteiger partial charge < -0.3 is 15.4 Å². The maximum Gasteiger partial charge on any atom is 0.191 e. The van der Waals surface area contributed by atoms with E-state index in [-0.39, 0.29) is 5.82 Å². The molecule has 4 nitrogen and oxygen atoms in total. The Morgan fingerprint density at radius 1 is 1.35 bits per heavy atom. The predicted octanol–water partition coefficient (Wildman–Crippen LogP) is 3.01. The van der Waals surface area contributed by atoms with Crippen LogP contribution in [0.1, 0.15) is 36.8 Å². The van der Waals surface area contributed by atoms with Crippen molar-refractivity contribution in [2.45, 2.75) is 39.2 Å². The van der Waals surface area contributed by atoms with Gasteiger partial charge in [0, 0.05) is 33.9 Å². The van der Waals surface area contributed by atoms with E-state index < -0.39 is 0 Å². The minimum Gasteiger partial charge on any atom is -0.385 e. The van der Waals surface area contributed by atoms with Crippen LogP contribution in [0.3, 0.4) is 0 Å². The van der Waals surface area contributed by atoms with Crippen LogP contribution in [-0.4, -0.2) is 33.3 Å². The number of aliphatic imine (C=N–C) groups is 1. The van der Waals surface area contributed by atoms with Crippen LogP contribution in [0.4, 0.5) is 4.39 Å². The summed E-state index contributed by atoms with van der Waals surface area (Å²) in [5, 5.41) is 6.72. The molecule has 1 aliphatic rings. The second-order valence-corrected chi connectivity index (χ2v) is 6.46. The highest BCUT2D eigenvalue weighted by atomic mass is 19.1. The standard InChI is InChI=1S/C18H28FN3O/c1-14-11-15(5-6-16(14)19)12-21-17(20-2)22-13-18(7-4-8-18)9-10-23-3/h5-6,11H,4,7-10,12-13H2,1-3H3,(H2,20,21,22). The Bertz CT molecular complexity index is 541. The topological polar surface area (TPSA) is 45.7 Å². The lowest BCUT2D eigenvalue weighted by Crippen LogP contribution is -2.46. The highest BCUT2D eigenvalue weighted by molar-refractivity contribution is 5.79. The van der Waals surface area contributed by atoms with E-state index in [1.54, 1.807) is 27.1 Å². The molecule has 0 bridgehead atoms. The number of halogens is 1. The zero-order valence-corrected chi connectivity index (χ0v) is 14.4. The number of nitrogens with one attached hydrogen (secondary N) is 2. The first kappa shape index (κ1) is 17.7. The summed E-state index contributed by atoms with van der Waals surface area (Å²) in [7, 11) is 3.53. The molecule has 1 aliphatic carbocycles. The third-order valence-electron chi connectivity index (χ3n) is 4.79. The van der Waals surface area contributed by atoms with Crippen molar-refractivity contribution in [1.82, 2.24) is 10.6 Å². The fourth-order valence-electron chi connectivity index (χ4n) is 3.00. The summed E-state index contributed by atoms with van der Waals surface area (Å²) >= 11 is 0. The molecule has 0 radical (unpaired) electrons. The fourth-order valence-corrected chi connectivity index (χ4v) is 3.00. The second-order valence-electron chi connectivity index (χ2n) is 6.46. The number of rotatable bonds is 7. The Balaban J connectivity index is 1.82. The third-order valence-corrected chi connectivity index (χ3v) is 4.79. The molecule has 0 atom stereocenters. The van der Waals surface area contributed by atoms with Crippen LogP contribution < -0.4 is 10.6 Å². The summed E-state index contributed by atoms with van der Waals surface area (Å²) in [6.45, 7) is 4.13. The van der Waals surface area contributed by atoms with E-state index in [4.69, 9.17) is 4.74 Å². The van der Waals surface area contributed by atoms with Crippen LogP contribution in [0, 0.1) is 18.2 Å². The highest BCUT2D eigenvalue weighted by Crippen LogP contribution is 2.43. The van der Waals surface area contributed by atoms with E-state index in [1.165, 1.54) is 25.3 Å². The molecule has 0 heterocycles. The van der Waals surface area contributed by atoms with Gasteiger partial charge in [-0.25, -0.2) is 4.39 Å². The smallest absolute Gasteiger partial charge is 0.191 e. The van der Waals surface area contributed by atoms with Crippen LogP contribution in [0.25, 0.3) is 0 Å². The number of aryl methyl sites for hydroxylation is 1. The molecule has 0 unspecified atom stereocenters. The van der Waals surface area contributed by atoms with Crippen molar-refractivity contribution < 1.29 is 9.13 Å². The number of methoxy groups -OCH3 is 1. The van der Waals surface area contributed by atoms with Crippen molar-refractivity contribution in [2.24, 2.45) is 10.4 Å². The number of hydrogen-bond donors (Lipinski definition) is 2. The number of ether oxygens (including phenoxy) is 1. The van der Waals surface area contributed by atoms with Crippen molar-refractivity contribution in [3.8, 4) is 0 Å². The van der Waals surface area contributed by atoms with Crippen LogP contribution in [0.5, 0.6) is 0 Å². The molecule has 128 valence electrons. The lowest BCUT2D eigenvalue weighted by Gasteiger charge is -2.42. The van der Waals surface area contributed by atoms with Crippen molar-refractivity contribution in [1.29, 1.82) is 0 Å². The minimum atomic E-state index is -0.165. The Hall–Kier alpha value is -1.62. The molecule has 0 amide bonds. The largest absolute Gasteiger partial charge is 0.385 e. The van der Waals surface area contributed by atoms with Gasteiger partial charge in [0.25, 0.3) is 0 Å². The zero-order chi connectivity index (χ0) is 16.7. The van der Waals surface area contributed by atoms with Gasteiger partial charge in [0.15, 0.2) is 5.96 Å². The molecule has 1 saturated carbocycles. The van der Waals surface area contributed by atoms with E-state index in [2.05, 4.69) is 15.6 Å². The predicted molar refractivity (Wildman–Crippen MR) is 92.1 cm³/mol. The van der Waals surface area contributed by atoms with Crippen LogP contribution in [-0.2, 0) is 11.3 Å². The normalized spacial score (nSPS) is 16.8. The average Bonchev–Trinajstić information content (AvgIpc) is 2.52. The molecule has 1 aromatic carbocycles. The molecule has 0 spiro atoms. The van der Waals surface area contributed by atoms with E-state index in [0.717, 1.165) is 31.1 Å². The molecular weight excluding hydrogens is 293 g/mol. The van der Waals surface area contributed by atoms with Gasteiger partial charge >= 0.3 is 0 Å². The SMILES string of the molecule is CN=C(NCc1ccc(F)c(C)c1)NCC1(CCOC)CCC1. The molecule has 23 heavy (non-hydrogen) atoms. The summed E-state index contributed by atoms with van der Waals surface area (Å²) in [6, 6.07) is 5.17. The van der Waals surface area contributed by atoms with Crippen LogP contribution >= 0.6 is 0 Å². The van der Waals surface area contributed by atoms with Gasteiger partial charge in [-0.05, 0) is 48.8 Å². The quantitative estimate of drug-likeness (QED) is 0.599. The van der Waals surface area contributed by atoms with Gasteiger partial charge in [0.2, 0.25) is 0 Å². The van der Waals surface area contributed by atoms with Crippen LogP contribution in [0.15, 0.2) is 23.2 Å². The molecule has 5 heteroatoms. The maximum atomic E-state index is 13.3. The van der Waals surface area contributed by atoms with Crippen molar-refractivity contribution >= 4 is 5.96 Å². The summed E-state index contributed by atoms with van der Waals surface area (Å²) < 4.78 is 18.5. The first-order valence-corrected chi connectivity index (χ1v) is 8.27. The second kappa shape index (κ2) is 8.29. The van der Waals surface area contributed by atoms with E-state index in [1.807, 2.05) is 6.07 Å². The first-order chi connectivity index (χ1) is 11.1. The third kappa shape index (κ3) is 4.93. The zero-order valence-electron chi connectivity index (χ0n) is 14.4. The van der Waals surface area contributed by atoms with E-state index in [9.17, 15) is 4.39 Å². The van der Waals surface area contributed by atoms with Gasteiger partial charge in [-0.3, -0.25) is 4.99 Å². The minimum absolute atomic E-state index is 0.165. The molecule has 2 rings (SSSR count). The monoisotopic (exact) mass is 321 g/mol. The maximum absolute atomic E-state index is 13.3. The Morgan fingerprint density at radius 3 is 2.70 bits per heavy atom. The lowest BCUT2D eigenvalue weighted by molar-refractivity contribution is 0.0732. The van der Waals surface area contributed by atoms with E-state index >= 15 is 0 Å². The molecule has 0 saturated heterocycles. The molecule has 0 aliphatic heterocycles. The average molecular weight is 321 g/mol. The summed E-state index contributed by atoms with van der Waals surface area (Å²) in [5.74, 6) is 0.622.